The molecule has 0 fully saturated rings. The Bertz CT molecular complexity index is 1520. The maximum absolute atomic E-state index is 14.8. The summed E-state index contributed by atoms with van der Waals surface area (Å²) in [7, 11) is -3.81. The number of carbonyl (C=O) groups excluding carboxylic acids is 1. The molecule has 0 radical (unpaired) electrons. The van der Waals surface area contributed by atoms with Gasteiger partial charge in [0.15, 0.2) is 0 Å². The van der Waals surface area contributed by atoms with E-state index in [0.29, 0.717) is 34.3 Å². The van der Waals surface area contributed by atoms with Crippen LogP contribution in [0.25, 0.3) is 28.0 Å². The van der Waals surface area contributed by atoms with E-state index in [1.54, 1.807) is 31.4 Å². The highest BCUT2D eigenvalue weighted by Crippen LogP contribution is 2.37. The Kier molecular flexibility index (Phi) is 6.25. The van der Waals surface area contributed by atoms with Gasteiger partial charge in [-0.05, 0) is 69.2 Å². The summed E-state index contributed by atoms with van der Waals surface area (Å²) in [6, 6.07) is 15.2. The number of benzene rings is 2. The van der Waals surface area contributed by atoms with Crippen molar-refractivity contribution in [1.29, 1.82) is 0 Å². The summed E-state index contributed by atoms with van der Waals surface area (Å²) >= 11 is 0. The molecule has 35 heavy (non-hydrogen) atoms. The van der Waals surface area contributed by atoms with Crippen LogP contribution >= 0.6 is 0 Å². The first kappa shape index (κ1) is 24.6. The molecule has 0 aliphatic rings. The van der Waals surface area contributed by atoms with E-state index >= 15 is 0 Å². The maximum atomic E-state index is 14.8. The van der Waals surface area contributed by atoms with E-state index in [1.807, 2.05) is 37.3 Å². The van der Waals surface area contributed by atoms with Gasteiger partial charge in [0.05, 0.1) is 22.5 Å². The zero-order valence-electron chi connectivity index (χ0n) is 20.0. The van der Waals surface area contributed by atoms with E-state index in [-0.39, 0.29) is 10.5 Å². The molecule has 0 saturated carbocycles. The van der Waals surface area contributed by atoms with Crippen molar-refractivity contribution in [2.45, 2.75) is 44.6 Å². The SMILES string of the molecule is CCc1cc2c(cc1F)c(C(N)=O)c(-c1ccc(S(=O)(=O)NC(C)(C)C)cn1)n2-c1ccccc1. The van der Waals surface area contributed by atoms with E-state index in [2.05, 4.69) is 9.71 Å². The smallest absolute Gasteiger partial charge is 0.251 e. The molecule has 3 N–H and O–H groups in total. The second kappa shape index (κ2) is 8.90. The number of hydrogen-bond donors (Lipinski definition) is 2. The third-order valence-corrected chi connectivity index (χ3v) is 7.25. The number of halogens is 1. The summed E-state index contributed by atoms with van der Waals surface area (Å²) in [6.45, 7) is 7.08. The highest BCUT2D eigenvalue weighted by Gasteiger charge is 2.27. The summed E-state index contributed by atoms with van der Waals surface area (Å²) in [4.78, 5) is 17.0. The van der Waals surface area contributed by atoms with E-state index in [1.165, 1.54) is 24.4 Å². The van der Waals surface area contributed by atoms with E-state index in [9.17, 15) is 17.6 Å². The van der Waals surface area contributed by atoms with Crippen LogP contribution in [0.4, 0.5) is 4.39 Å². The van der Waals surface area contributed by atoms with Crippen LogP contribution in [0.5, 0.6) is 0 Å². The number of nitrogens with zero attached hydrogens (tertiary/aromatic N) is 2. The lowest BCUT2D eigenvalue weighted by molar-refractivity contribution is 0.100. The third kappa shape index (κ3) is 4.69. The number of carbonyl (C=O) groups is 1. The number of aromatic nitrogens is 2. The van der Waals surface area contributed by atoms with Gasteiger partial charge in [-0.2, -0.15) is 0 Å². The highest BCUT2D eigenvalue weighted by atomic mass is 32.2. The molecule has 1 amide bonds. The number of nitrogens with two attached hydrogens (primary N) is 1. The predicted molar refractivity (Wildman–Crippen MR) is 134 cm³/mol. The average Bonchev–Trinajstić information content (AvgIpc) is 3.11. The standard InChI is InChI=1S/C26H27FN4O3S/c1-5-16-13-22-19(14-20(16)27)23(25(28)32)24(31(22)17-9-7-6-8-10-17)21-12-11-18(15-29-21)35(33,34)30-26(2,3)4/h6-15,30H,5H2,1-4H3,(H2,28,32). The summed E-state index contributed by atoms with van der Waals surface area (Å²) in [5.41, 5.74) is 7.74. The number of amides is 1. The molecule has 2 heterocycles. The number of hydrogen-bond acceptors (Lipinski definition) is 4. The van der Waals surface area contributed by atoms with Crippen LogP contribution in [-0.2, 0) is 16.4 Å². The fourth-order valence-electron chi connectivity index (χ4n) is 4.10. The summed E-state index contributed by atoms with van der Waals surface area (Å²) in [6.07, 6.45) is 1.70. The van der Waals surface area contributed by atoms with Gasteiger partial charge in [0, 0.05) is 22.8 Å². The molecule has 0 bridgehead atoms. The van der Waals surface area contributed by atoms with Crippen LogP contribution in [0.1, 0.15) is 43.6 Å². The lowest BCUT2D eigenvalue weighted by Crippen LogP contribution is -2.40. The number of pyridine rings is 1. The van der Waals surface area contributed by atoms with Gasteiger partial charge in [-0.1, -0.05) is 25.1 Å². The predicted octanol–water partition coefficient (Wildman–Crippen LogP) is 4.57. The Morgan fingerprint density at radius 2 is 1.80 bits per heavy atom. The third-order valence-electron chi connectivity index (χ3n) is 5.51. The maximum Gasteiger partial charge on any atom is 0.251 e. The Morgan fingerprint density at radius 3 is 2.34 bits per heavy atom. The summed E-state index contributed by atoms with van der Waals surface area (Å²) < 4.78 is 44.6. The first-order valence-corrected chi connectivity index (χ1v) is 12.6. The highest BCUT2D eigenvalue weighted by molar-refractivity contribution is 7.89. The molecule has 0 atom stereocenters. The molecule has 0 spiro atoms. The molecule has 0 aliphatic heterocycles. The van der Waals surface area contributed by atoms with E-state index < -0.39 is 27.3 Å². The molecule has 0 unspecified atom stereocenters. The normalized spacial score (nSPS) is 12.3. The number of fused-ring (bicyclic) bond motifs is 1. The number of aryl methyl sites for hydroxylation is 1. The van der Waals surface area contributed by atoms with E-state index in [0.717, 1.165) is 5.69 Å². The number of rotatable bonds is 6. The van der Waals surface area contributed by atoms with Gasteiger partial charge >= 0.3 is 0 Å². The monoisotopic (exact) mass is 494 g/mol. The van der Waals surface area contributed by atoms with Crippen LogP contribution in [-0.4, -0.2) is 29.4 Å². The van der Waals surface area contributed by atoms with Gasteiger partial charge in [-0.3, -0.25) is 9.78 Å². The number of sulfonamides is 1. The van der Waals surface area contributed by atoms with Crippen LogP contribution in [0.3, 0.4) is 0 Å². The fourth-order valence-corrected chi connectivity index (χ4v) is 5.46. The van der Waals surface area contributed by atoms with Crippen LogP contribution in [0.2, 0.25) is 0 Å². The second-order valence-electron chi connectivity index (χ2n) is 9.31. The molecule has 0 aliphatic carbocycles. The zero-order valence-corrected chi connectivity index (χ0v) is 20.8. The molecule has 2 aromatic heterocycles. The number of nitrogens with one attached hydrogen (secondary N) is 1. The van der Waals surface area contributed by atoms with Gasteiger partial charge in [0.2, 0.25) is 10.0 Å². The molecule has 7 nitrogen and oxygen atoms in total. The number of para-hydroxylation sites is 1. The van der Waals surface area contributed by atoms with Gasteiger partial charge in [0.1, 0.15) is 10.7 Å². The van der Waals surface area contributed by atoms with Gasteiger partial charge in [-0.15, -0.1) is 0 Å². The lowest BCUT2D eigenvalue weighted by Gasteiger charge is -2.20. The van der Waals surface area contributed by atoms with Crippen molar-refractivity contribution in [3.8, 4) is 17.1 Å². The molecule has 0 saturated heterocycles. The van der Waals surface area contributed by atoms with Crippen molar-refractivity contribution in [2.75, 3.05) is 0 Å². The van der Waals surface area contributed by atoms with E-state index in [4.69, 9.17) is 5.73 Å². The molecular weight excluding hydrogens is 467 g/mol. The van der Waals surface area contributed by atoms with Crippen LogP contribution in [0, 0.1) is 5.82 Å². The Labute approximate surface area is 203 Å². The first-order valence-electron chi connectivity index (χ1n) is 11.2. The average molecular weight is 495 g/mol. The van der Waals surface area contributed by atoms with Crippen molar-refractivity contribution < 1.29 is 17.6 Å². The van der Waals surface area contributed by atoms with Crippen molar-refractivity contribution in [3.63, 3.8) is 0 Å². The molecule has 2 aromatic carbocycles. The first-order chi connectivity index (χ1) is 16.4. The van der Waals surface area contributed by atoms with Crippen molar-refractivity contribution in [3.05, 3.63) is 77.7 Å². The van der Waals surface area contributed by atoms with Crippen molar-refractivity contribution >= 4 is 26.8 Å². The zero-order chi connectivity index (χ0) is 25.5. The topological polar surface area (TPSA) is 107 Å². The number of primary amides is 1. The molecule has 9 heteroatoms. The minimum atomic E-state index is -3.81. The molecule has 4 rings (SSSR count). The Balaban J connectivity index is 2.02. The van der Waals surface area contributed by atoms with Gasteiger partial charge in [0.25, 0.3) is 5.91 Å². The van der Waals surface area contributed by atoms with Crippen molar-refractivity contribution in [2.24, 2.45) is 5.73 Å². The lowest BCUT2D eigenvalue weighted by atomic mass is 10.0. The minimum Gasteiger partial charge on any atom is -0.366 e. The van der Waals surface area contributed by atoms with Gasteiger partial charge in [-0.25, -0.2) is 17.5 Å². The van der Waals surface area contributed by atoms with Crippen LogP contribution in [0.15, 0.2) is 65.7 Å². The largest absolute Gasteiger partial charge is 0.366 e. The fraction of sp³-hybridized carbons (Fsp3) is 0.231. The quantitative estimate of drug-likeness (QED) is 0.409. The van der Waals surface area contributed by atoms with Gasteiger partial charge < -0.3 is 10.3 Å². The second-order valence-corrected chi connectivity index (χ2v) is 11.0. The Hall–Kier alpha value is -3.56. The summed E-state index contributed by atoms with van der Waals surface area (Å²) in [5, 5.41) is 0.360. The summed E-state index contributed by atoms with van der Waals surface area (Å²) in [5.74, 6) is -1.17. The van der Waals surface area contributed by atoms with Crippen LogP contribution < -0.4 is 10.5 Å². The molecule has 4 aromatic rings. The molecule has 182 valence electrons. The minimum absolute atomic E-state index is 0.0153. The molecular formula is C26H27FN4O3S. The Morgan fingerprint density at radius 1 is 1.11 bits per heavy atom. The van der Waals surface area contributed by atoms with Crippen molar-refractivity contribution in [1.82, 2.24) is 14.3 Å².